The van der Waals surface area contributed by atoms with Gasteiger partial charge in [0.05, 0.1) is 28.3 Å². The zero-order chi connectivity index (χ0) is 20.0. The number of rotatable bonds is 3. The van der Waals surface area contributed by atoms with Crippen LogP contribution in [0.15, 0.2) is 77.2 Å². The predicted molar refractivity (Wildman–Crippen MR) is 122 cm³/mol. The van der Waals surface area contributed by atoms with Crippen LogP contribution in [0.4, 0.5) is 0 Å². The SMILES string of the molecule is O=c1c2c(-c3ccc4ccccc4c3)csc2ncn1Cc1ccc(Cl)c(Cl)c1. The lowest BCUT2D eigenvalue weighted by Crippen LogP contribution is -2.21. The van der Waals surface area contributed by atoms with Gasteiger partial charge in [0, 0.05) is 10.9 Å². The van der Waals surface area contributed by atoms with Crippen LogP contribution < -0.4 is 5.56 Å². The quantitative estimate of drug-likeness (QED) is 0.317. The van der Waals surface area contributed by atoms with Crippen LogP contribution in [-0.2, 0) is 6.54 Å². The Hall–Kier alpha value is -2.66. The first kappa shape index (κ1) is 18.4. The molecule has 0 aliphatic rings. The van der Waals surface area contributed by atoms with Gasteiger partial charge in [0.2, 0.25) is 0 Å². The number of hydrogen-bond acceptors (Lipinski definition) is 3. The van der Waals surface area contributed by atoms with Gasteiger partial charge >= 0.3 is 0 Å². The van der Waals surface area contributed by atoms with Gasteiger partial charge in [-0.05, 0) is 40.1 Å². The van der Waals surface area contributed by atoms with Crippen molar-refractivity contribution in [3.63, 3.8) is 0 Å². The molecule has 0 N–H and O–H groups in total. The molecule has 0 aliphatic heterocycles. The van der Waals surface area contributed by atoms with Crippen LogP contribution >= 0.6 is 34.5 Å². The second kappa shape index (κ2) is 7.30. The number of aromatic nitrogens is 2. The van der Waals surface area contributed by atoms with Crippen molar-refractivity contribution in [3.05, 3.63) is 98.3 Å². The molecular weight excluding hydrogens is 423 g/mol. The fourth-order valence-electron chi connectivity index (χ4n) is 3.48. The summed E-state index contributed by atoms with van der Waals surface area (Å²) in [5.41, 5.74) is 2.76. The molecule has 0 aliphatic carbocycles. The second-order valence-corrected chi connectivity index (χ2v) is 8.49. The third-order valence-electron chi connectivity index (χ3n) is 4.96. The van der Waals surface area contributed by atoms with Crippen molar-refractivity contribution >= 4 is 55.5 Å². The van der Waals surface area contributed by atoms with Crippen molar-refractivity contribution in [2.24, 2.45) is 0 Å². The van der Waals surface area contributed by atoms with E-state index >= 15 is 0 Å². The summed E-state index contributed by atoms with van der Waals surface area (Å²) in [4.78, 5) is 18.5. The van der Waals surface area contributed by atoms with E-state index in [4.69, 9.17) is 23.2 Å². The summed E-state index contributed by atoms with van der Waals surface area (Å²) >= 11 is 13.6. The minimum atomic E-state index is -0.0644. The lowest BCUT2D eigenvalue weighted by Gasteiger charge is -2.08. The predicted octanol–water partition coefficient (Wildman–Crippen LogP) is 6.63. The molecule has 5 aromatic rings. The van der Waals surface area contributed by atoms with Crippen molar-refractivity contribution in [2.45, 2.75) is 6.54 Å². The highest BCUT2D eigenvalue weighted by Crippen LogP contribution is 2.32. The molecule has 2 heterocycles. The van der Waals surface area contributed by atoms with Crippen molar-refractivity contribution in [2.75, 3.05) is 0 Å². The zero-order valence-corrected chi connectivity index (χ0v) is 17.4. The molecule has 0 unspecified atom stereocenters. The van der Waals surface area contributed by atoms with E-state index in [0.29, 0.717) is 22.0 Å². The Morgan fingerprint density at radius 2 is 1.76 bits per heavy atom. The van der Waals surface area contributed by atoms with Crippen molar-refractivity contribution in [1.82, 2.24) is 9.55 Å². The molecule has 0 atom stereocenters. The van der Waals surface area contributed by atoms with Gasteiger partial charge < -0.3 is 0 Å². The maximum absolute atomic E-state index is 13.3. The molecule has 0 fully saturated rings. The molecule has 0 bridgehead atoms. The lowest BCUT2D eigenvalue weighted by molar-refractivity contribution is 0.749. The normalized spacial score (nSPS) is 11.4. The fourth-order valence-corrected chi connectivity index (χ4v) is 4.71. The van der Waals surface area contributed by atoms with E-state index in [1.165, 1.54) is 16.7 Å². The average Bonchev–Trinajstić information content (AvgIpc) is 3.17. The lowest BCUT2D eigenvalue weighted by atomic mass is 10.0. The van der Waals surface area contributed by atoms with Crippen LogP contribution in [0.3, 0.4) is 0 Å². The van der Waals surface area contributed by atoms with Gasteiger partial charge in [0.1, 0.15) is 4.83 Å². The summed E-state index contributed by atoms with van der Waals surface area (Å²) < 4.78 is 1.61. The summed E-state index contributed by atoms with van der Waals surface area (Å²) in [6.45, 7) is 0.381. The largest absolute Gasteiger partial charge is 0.294 e. The van der Waals surface area contributed by atoms with Gasteiger partial charge in [-0.25, -0.2) is 4.98 Å². The van der Waals surface area contributed by atoms with Crippen LogP contribution in [0.1, 0.15) is 5.56 Å². The van der Waals surface area contributed by atoms with Crippen molar-refractivity contribution in [1.29, 1.82) is 0 Å². The molecule has 0 radical (unpaired) electrons. The first-order chi connectivity index (χ1) is 14.1. The summed E-state index contributed by atoms with van der Waals surface area (Å²) in [7, 11) is 0. The Labute approximate surface area is 180 Å². The van der Waals surface area contributed by atoms with Gasteiger partial charge in [0.15, 0.2) is 0 Å². The number of halogens is 2. The average molecular weight is 437 g/mol. The monoisotopic (exact) mass is 436 g/mol. The summed E-state index contributed by atoms with van der Waals surface area (Å²) in [5, 5.41) is 5.93. The molecule has 3 nitrogen and oxygen atoms in total. The standard InChI is InChI=1S/C23H14Cl2N2OS/c24-19-8-5-14(9-20(19)25)11-27-13-26-22-21(23(27)28)18(12-29-22)17-7-6-15-3-1-2-4-16(15)10-17/h1-10,12-13H,11H2. The van der Waals surface area contributed by atoms with Gasteiger partial charge in [-0.3, -0.25) is 9.36 Å². The van der Waals surface area contributed by atoms with E-state index in [-0.39, 0.29) is 5.56 Å². The minimum Gasteiger partial charge on any atom is -0.294 e. The summed E-state index contributed by atoms with van der Waals surface area (Å²) in [6, 6.07) is 19.8. The van der Waals surface area contributed by atoms with Crippen LogP contribution in [0, 0.1) is 0 Å². The third kappa shape index (κ3) is 3.33. The topological polar surface area (TPSA) is 34.9 Å². The number of nitrogens with zero attached hydrogens (tertiary/aromatic N) is 2. The highest BCUT2D eigenvalue weighted by Gasteiger charge is 2.14. The Morgan fingerprint density at radius 3 is 2.59 bits per heavy atom. The zero-order valence-electron chi connectivity index (χ0n) is 15.1. The van der Waals surface area contributed by atoms with Crippen molar-refractivity contribution in [3.8, 4) is 11.1 Å². The molecule has 3 aromatic carbocycles. The van der Waals surface area contributed by atoms with Gasteiger partial charge in [-0.15, -0.1) is 11.3 Å². The van der Waals surface area contributed by atoms with E-state index in [2.05, 4.69) is 35.3 Å². The highest BCUT2D eigenvalue weighted by atomic mass is 35.5. The fraction of sp³-hybridized carbons (Fsp3) is 0.0435. The number of fused-ring (bicyclic) bond motifs is 2. The Bertz CT molecular complexity index is 1440. The van der Waals surface area contributed by atoms with Gasteiger partial charge in [-0.2, -0.15) is 0 Å². The molecule has 2 aromatic heterocycles. The van der Waals surface area contributed by atoms with Crippen LogP contribution in [0.5, 0.6) is 0 Å². The minimum absolute atomic E-state index is 0.0644. The van der Waals surface area contributed by atoms with E-state index in [0.717, 1.165) is 26.9 Å². The molecule has 6 heteroatoms. The number of benzene rings is 3. The summed E-state index contributed by atoms with van der Waals surface area (Å²) in [5.74, 6) is 0. The second-order valence-electron chi connectivity index (χ2n) is 6.82. The molecule has 0 spiro atoms. The van der Waals surface area contributed by atoms with Crippen LogP contribution in [-0.4, -0.2) is 9.55 Å². The van der Waals surface area contributed by atoms with Crippen LogP contribution in [0.2, 0.25) is 10.0 Å². The van der Waals surface area contributed by atoms with E-state index < -0.39 is 0 Å². The van der Waals surface area contributed by atoms with Gasteiger partial charge in [-0.1, -0.05) is 65.7 Å². The first-order valence-electron chi connectivity index (χ1n) is 9.00. The molecule has 0 amide bonds. The summed E-state index contributed by atoms with van der Waals surface area (Å²) in [6.07, 6.45) is 1.59. The van der Waals surface area contributed by atoms with E-state index in [1.807, 2.05) is 23.6 Å². The highest BCUT2D eigenvalue weighted by molar-refractivity contribution is 7.17. The van der Waals surface area contributed by atoms with Crippen LogP contribution in [0.25, 0.3) is 32.1 Å². The molecule has 0 saturated carbocycles. The maximum atomic E-state index is 13.3. The Balaban J connectivity index is 1.63. The molecule has 5 rings (SSSR count). The smallest absolute Gasteiger partial charge is 0.263 e. The number of hydrogen-bond donors (Lipinski definition) is 0. The first-order valence-corrected chi connectivity index (χ1v) is 10.6. The number of thiophene rings is 1. The Kier molecular flexibility index (Phi) is 4.63. The van der Waals surface area contributed by atoms with E-state index in [1.54, 1.807) is 23.0 Å². The van der Waals surface area contributed by atoms with Crippen molar-refractivity contribution < 1.29 is 0 Å². The van der Waals surface area contributed by atoms with Gasteiger partial charge in [0.25, 0.3) is 5.56 Å². The maximum Gasteiger partial charge on any atom is 0.263 e. The van der Waals surface area contributed by atoms with E-state index in [9.17, 15) is 4.79 Å². The molecule has 0 saturated heterocycles. The Morgan fingerprint density at radius 1 is 0.931 bits per heavy atom. The molecule has 29 heavy (non-hydrogen) atoms. The third-order valence-corrected chi connectivity index (χ3v) is 6.58. The molecule has 142 valence electrons. The molecular formula is C23H14Cl2N2OS.